The molecule has 0 spiro atoms. The molecule has 6 nitrogen and oxygen atoms in total. The highest BCUT2D eigenvalue weighted by Crippen LogP contribution is 2.14. The Hall–Kier alpha value is -1.92. The van der Waals surface area contributed by atoms with Gasteiger partial charge in [-0.1, -0.05) is 0 Å². The molecule has 0 saturated carbocycles. The van der Waals surface area contributed by atoms with Gasteiger partial charge in [-0.05, 0) is 23.8 Å². The number of benzene rings is 1. The molecule has 0 aliphatic rings. The predicted molar refractivity (Wildman–Crippen MR) is 52.3 cm³/mol. The zero-order valence-electron chi connectivity index (χ0n) is 8.12. The van der Waals surface area contributed by atoms with E-state index in [1.165, 1.54) is 0 Å². The highest BCUT2D eigenvalue weighted by atomic mass is 16.5. The molecule has 0 unspecified atom stereocenters. The molecule has 0 heterocycles. The molecule has 0 saturated heterocycles. The van der Waals surface area contributed by atoms with Crippen molar-refractivity contribution < 1.29 is 30.0 Å². The smallest absolute Gasteiger partial charge is 0.335 e. The van der Waals surface area contributed by atoms with E-state index in [1.54, 1.807) is 0 Å². The van der Waals surface area contributed by atoms with Gasteiger partial charge in [-0.2, -0.15) is 0 Å². The van der Waals surface area contributed by atoms with Crippen LogP contribution in [0.2, 0.25) is 0 Å². The molecule has 0 fully saturated rings. The Morgan fingerprint density at radius 1 is 1.12 bits per heavy atom. The molecule has 16 heavy (non-hydrogen) atoms. The van der Waals surface area contributed by atoms with Gasteiger partial charge < -0.3 is 20.4 Å². The van der Waals surface area contributed by atoms with Gasteiger partial charge in [0, 0.05) is 6.42 Å². The minimum Gasteiger partial charge on any atom is -0.478 e. The van der Waals surface area contributed by atoms with Crippen molar-refractivity contribution in [2.45, 2.75) is 12.7 Å². The summed E-state index contributed by atoms with van der Waals surface area (Å²) in [6, 6.07) is 3.40. The van der Waals surface area contributed by atoms with E-state index in [2.05, 4.69) is 0 Å². The van der Waals surface area contributed by atoms with E-state index in [0.717, 1.165) is 18.2 Å². The number of hydrogen-bond donors (Lipinski definition) is 4. The van der Waals surface area contributed by atoms with Gasteiger partial charge in [0.05, 0.1) is 11.1 Å². The highest BCUT2D eigenvalue weighted by Gasteiger charge is 2.15. The third kappa shape index (κ3) is 2.78. The first-order valence-electron chi connectivity index (χ1n) is 4.37. The molecule has 0 aliphatic carbocycles. The Labute approximate surface area is 90.4 Å². The minimum absolute atomic E-state index is 0.0717. The Kier molecular flexibility index (Phi) is 3.60. The Balaban J connectivity index is 3.21. The molecule has 4 N–H and O–H groups in total. The maximum Gasteiger partial charge on any atom is 0.335 e. The minimum atomic E-state index is -1.72. The average Bonchev–Trinajstić information content (AvgIpc) is 2.15. The van der Waals surface area contributed by atoms with E-state index < -0.39 is 18.2 Å². The largest absolute Gasteiger partial charge is 0.478 e. The van der Waals surface area contributed by atoms with Crippen LogP contribution in [0, 0.1) is 0 Å². The Morgan fingerprint density at radius 2 is 1.75 bits per heavy atom. The van der Waals surface area contributed by atoms with E-state index in [0.29, 0.717) is 0 Å². The fourth-order valence-electron chi connectivity index (χ4n) is 1.30. The number of aliphatic hydroxyl groups excluding tert-OH is 1. The second kappa shape index (κ2) is 4.73. The van der Waals surface area contributed by atoms with E-state index in [1.807, 2.05) is 0 Å². The molecule has 1 rings (SSSR count). The van der Waals surface area contributed by atoms with Crippen LogP contribution in [0.5, 0.6) is 0 Å². The predicted octanol–water partition coefficient (Wildman–Crippen LogP) is -0.0638. The standard InChI is InChI=1S/C10H10O6/c11-8(12)4-6-3-5(9(13)14)1-2-7(6)10(15)16/h1-3,8,11-12H,4H2,(H,13,14)(H,15,16). The van der Waals surface area contributed by atoms with Crippen LogP contribution in [0.1, 0.15) is 26.3 Å². The van der Waals surface area contributed by atoms with Crippen LogP contribution in [0.15, 0.2) is 18.2 Å². The summed E-state index contributed by atoms with van der Waals surface area (Å²) in [5.41, 5.74) is -0.166. The lowest BCUT2D eigenvalue weighted by Gasteiger charge is -2.08. The number of hydrogen-bond acceptors (Lipinski definition) is 4. The lowest BCUT2D eigenvalue weighted by molar-refractivity contribution is -0.0382. The number of aromatic carboxylic acids is 2. The molecule has 0 bridgehead atoms. The molecule has 0 aromatic heterocycles. The SMILES string of the molecule is O=C(O)c1ccc(C(=O)O)c(CC(O)O)c1. The Morgan fingerprint density at radius 3 is 2.19 bits per heavy atom. The van der Waals surface area contributed by atoms with Crippen LogP contribution in [-0.4, -0.2) is 38.7 Å². The fourth-order valence-corrected chi connectivity index (χ4v) is 1.30. The van der Waals surface area contributed by atoms with E-state index in [-0.39, 0.29) is 23.1 Å². The lowest BCUT2D eigenvalue weighted by atomic mass is 10.0. The van der Waals surface area contributed by atoms with Crippen LogP contribution in [0.3, 0.4) is 0 Å². The van der Waals surface area contributed by atoms with Crippen LogP contribution in [0.25, 0.3) is 0 Å². The molecule has 0 atom stereocenters. The summed E-state index contributed by atoms with van der Waals surface area (Å²) in [7, 11) is 0. The molecule has 1 aromatic rings. The topological polar surface area (TPSA) is 115 Å². The van der Waals surface area contributed by atoms with Gasteiger partial charge in [0.25, 0.3) is 0 Å². The quantitative estimate of drug-likeness (QED) is 0.534. The third-order valence-corrected chi connectivity index (χ3v) is 1.99. The van der Waals surface area contributed by atoms with Gasteiger partial charge in [-0.3, -0.25) is 0 Å². The van der Waals surface area contributed by atoms with Gasteiger partial charge in [0.15, 0.2) is 6.29 Å². The van der Waals surface area contributed by atoms with E-state index in [4.69, 9.17) is 20.4 Å². The molecule has 0 aliphatic heterocycles. The highest BCUT2D eigenvalue weighted by molar-refractivity contribution is 5.93. The van der Waals surface area contributed by atoms with E-state index >= 15 is 0 Å². The van der Waals surface area contributed by atoms with Crippen molar-refractivity contribution in [1.29, 1.82) is 0 Å². The van der Waals surface area contributed by atoms with Gasteiger partial charge in [-0.25, -0.2) is 9.59 Å². The van der Waals surface area contributed by atoms with Crippen molar-refractivity contribution in [1.82, 2.24) is 0 Å². The first-order valence-corrected chi connectivity index (χ1v) is 4.37. The maximum absolute atomic E-state index is 10.8. The molecule has 1 aromatic carbocycles. The molecule has 86 valence electrons. The van der Waals surface area contributed by atoms with Crippen molar-refractivity contribution in [2.75, 3.05) is 0 Å². The molecule has 0 amide bonds. The van der Waals surface area contributed by atoms with E-state index in [9.17, 15) is 9.59 Å². The van der Waals surface area contributed by atoms with Gasteiger partial charge >= 0.3 is 11.9 Å². The molecule has 0 radical (unpaired) electrons. The van der Waals surface area contributed by atoms with Crippen LogP contribution < -0.4 is 0 Å². The summed E-state index contributed by atoms with van der Waals surface area (Å²) < 4.78 is 0. The maximum atomic E-state index is 10.8. The average molecular weight is 226 g/mol. The summed E-state index contributed by atoms with van der Waals surface area (Å²) in [4.78, 5) is 21.4. The first-order chi connectivity index (χ1) is 7.41. The Bertz CT molecular complexity index is 423. The summed E-state index contributed by atoms with van der Waals surface area (Å²) in [6.45, 7) is 0. The number of carbonyl (C=O) groups is 2. The second-order valence-electron chi connectivity index (χ2n) is 3.17. The summed E-state index contributed by atoms with van der Waals surface area (Å²) in [5, 5.41) is 35.0. The number of rotatable bonds is 4. The second-order valence-corrected chi connectivity index (χ2v) is 3.17. The summed E-state index contributed by atoms with van der Waals surface area (Å²) in [5.74, 6) is -2.45. The summed E-state index contributed by atoms with van der Waals surface area (Å²) >= 11 is 0. The van der Waals surface area contributed by atoms with Crippen molar-refractivity contribution in [3.8, 4) is 0 Å². The van der Waals surface area contributed by atoms with Crippen molar-refractivity contribution in [3.05, 3.63) is 34.9 Å². The number of aliphatic hydroxyl groups is 2. The van der Waals surface area contributed by atoms with Gasteiger partial charge in [0.1, 0.15) is 0 Å². The van der Waals surface area contributed by atoms with Crippen LogP contribution >= 0.6 is 0 Å². The van der Waals surface area contributed by atoms with Crippen LogP contribution in [0.4, 0.5) is 0 Å². The van der Waals surface area contributed by atoms with Crippen LogP contribution in [-0.2, 0) is 6.42 Å². The number of carboxylic acid groups (broad SMARTS) is 2. The molecule has 6 heteroatoms. The lowest BCUT2D eigenvalue weighted by Crippen LogP contribution is -2.13. The van der Waals surface area contributed by atoms with Crippen molar-refractivity contribution >= 4 is 11.9 Å². The van der Waals surface area contributed by atoms with Crippen molar-refractivity contribution in [2.24, 2.45) is 0 Å². The monoisotopic (exact) mass is 226 g/mol. The first kappa shape index (κ1) is 12.2. The zero-order chi connectivity index (χ0) is 12.3. The summed E-state index contributed by atoms with van der Waals surface area (Å²) in [6.07, 6.45) is -2.05. The molecular formula is C10H10O6. The molecular weight excluding hydrogens is 216 g/mol. The third-order valence-electron chi connectivity index (χ3n) is 1.99. The zero-order valence-corrected chi connectivity index (χ0v) is 8.12. The fraction of sp³-hybridized carbons (Fsp3) is 0.200. The van der Waals surface area contributed by atoms with Gasteiger partial charge in [-0.15, -0.1) is 0 Å². The number of carboxylic acids is 2. The van der Waals surface area contributed by atoms with Gasteiger partial charge in [0.2, 0.25) is 0 Å². The normalized spacial score (nSPS) is 10.4. The van der Waals surface area contributed by atoms with Crippen molar-refractivity contribution in [3.63, 3.8) is 0 Å².